The molecule has 0 spiro atoms. The van der Waals surface area contributed by atoms with Gasteiger partial charge in [0, 0.05) is 5.56 Å². The number of benzene rings is 3. The highest BCUT2D eigenvalue weighted by atomic mass is 19.2. The molecule has 1 atom stereocenters. The summed E-state index contributed by atoms with van der Waals surface area (Å²) in [4.78, 5) is 12.5. The Bertz CT molecular complexity index is 1470. The monoisotopic (exact) mass is 576 g/mol. The Balaban J connectivity index is 1.45. The Morgan fingerprint density at radius 2 is 1.54 bits per heavy atom. The van der Waals surface area contributed by atoms with Crippen molar-refractivity contribution in [3.8, 4) is 11.5 Å². The van der Waals surface area contributed by atoms with Crippen molar-refractivity contribution in [3.05, 3.63) is 99.6 Å². The van der Waals surface area contributed by atoms with E-state index in [4.69, 9.17) is 9.47 Å². The third kappa shape index (κ3) is 6.60. The zero-order valence-corrected chi connectivity index (χ0v) is 22.8. The fourth-order valence-electron chi connectivity index (χ4n) is 4.86. The minimum absolute atomic E-state index is 0.0750. The average molecular weight is 577 g/mol. The van der Waals surface area contributed by atoms with Gasteiger partial charge in [0.2, 0.25) is 11.6 Å². The molecule has 1 aliphatic carbocycles. The van der Waals surface area contributed by atoms with Crippen molar-refractivity contribution < 1.29 is 40.6 Å². The molecule has 0 aliphatic heterocycles. The number of ether oxygens (including phenoxy) is 2. The van der Waals surface area contributed by atoms with Gasteiger partial charge in [0.15, 0.2) is 34.8 Å². The second-order valence-electron chi connectivity index (χ2n) is 10.1. The number of unbranched alkanes of at least 4 members (excludes halogenated alkanes) is 3. The van der Waals surface area contributed by atoms with E-state index >= 15 is 4.39 Å². The fraction of sp³-hybridized carbons (Fsp3) is 0.344. The molecule has 0 N–H and O–H groups in total. The van der Waals surface area contributed by atoms with Crippen molar-refractivity contribution in [1.29, 1.82) is 0 Å². The van der Waals surface area contributed by atoms with Crippen molar-refractivity contribution in [3.63, 3.8) is 0 Å². The zero-order chi connectivity index (χ0) is 29.7. The highest BCUT2D eigenvalue weighted by Crippen LogP contribution is 2.39. The summed E-state index contributed by atoms with van der Waals surface area (Å²) in [5.41, 5.74) is 0.0117. The van der Waals surface area contributed by atoms with Crippen LogP contribution in [-0.4, -0.2) is 12.6 Å². The topological polar surface area (TPSA) is 35.5 Å². The van der Waals surface area contributed by atoms with Crippen molar-refractivity contribution in [2.75, 3.05) is 6.61 Å². The van der Waals surface area contributed by atoms with Crippen LogP contribution in [0.25, 0.3) is 5.57 Å². The predicted octanol–water partition coefficient (Wildman–Crippen LogP) is 9.36. The van der Waals surface area contributed by atoms with Crippen molar-refractivity contribution in [1.82, 2.24) is 0 Å². The first-order chi connectivity index (χ1) is 19.6. The first kappa shape index (κ1) is 30.2. The molecule has 41 heavy (non-hydrogen) atoms. The number of rotatable bonds is 10. The fourth-order valence-corrected chi connectivity index (χ4v) is 4.86. The van der Waals surface area contributed by atoms with Crippen molar-refractivity contribution in [2.45, 2.75) is 64.7 Å². The molecule has 0 fully saturated rings. The number of esters is 1. The molecule has 0 heterocycles. The number of hydrogen-bond acceptors (Lipinski definition) is 3. The third-order valence-electron chi connectivity index (χ3n) is 7.27. The van der Waals surface area contributed by atoms with Crippen LogP contribution in [0.3, 0.4) is 0 Å². The van der Waals surface area contributed by atoms with Gasteiger partial charge in [-0.2, -0.15) is 8.78 Å². The summed E-state index contributed by atoms with van der Waals surface area (Å²) < 4.78 is 97.4. The van der Waals surface area contributed by atoms with Crippen LogP contribution in [0.5, 0.6) is 11.5 Å². The van der Waals surface area contributed by atoms with Gasteiger partial charge < -0.3 is 9.47 Å². The Hall–Kier alpha value is -3.75. The molecule has 3 aromatic rings. The molecule has 0 aromatic heterocycles. The SMILES string of the molecule is CCCCCCOc1ccc(C(=O)Oc2ccc(C3=CCC(c4ccc(C)c(F)c4F)CC3)c(F)c2F)c(F)c1F. The maximum Gasteiger partial charge on any atom is 0.346 e. The van der Waals surface area contributed by atoms with Crippen LogP contribution in [0.2, 0.25) is 0 Å². The maximum absolute atomic E-state index is 15.0. The third-order valence-corrected chi connectivity index (χ3v) is 7.27. The van der Waals surface area contributed by atoms with E-state index in [9.17, 15) is 26.7 Å². The van der Waals surface area contributed by atoms with E-state index < -0.39 is 52.2 Å². The average Bonchev–Trinajstić information content (AvgIpc) is 2.96. The molecule has 1 unspecified atom stereocenters. The van der Waals surface area contributed by atoms with E-state index in [1.54, 1.807) is 6.08 Å². The second-order valence-corrected chi connectivity index (χ2v) is 10.1. The maximum atomic E-state index is 15.0. The van der Waals surface area contributed by atoms with E-state index in [-0.39, 0.29) is 47.8 Å². The smallest absolute Gasteiger partial charge is 0.346 e. The minimum atomic E-state index is -1.52. The lowest BCUT2D eigenvalue weighted by Crippen LogP contribution is -2.14. The largest absolute Gasteiger partial charge is 0.490 e. The molecule has 3 aromatic carbocycles. The molecule has 0 bridgehead atoms. The first-order valence-electron chi connectivity index (χ1n) is 13.6. The molecule has 0 saturated carbocycles. The Morgan fingerprint density at radius 3 is 2.24 bits per heavy atom. The minimum Gasteiger partial charge on any atom is -0.490 e. The number of halogens is 6. The summed E-state index contributed by atoms with van der Waals surface area (Å²) in [6.07, 6.45) is 6.10. The van der Waals surface area contributed by atoms with Crippen LogP contribution in [0.15, 0.2) is 42.5 Å². The zero-order valence-electron chi connectivity index (χ0n) is 22.8. The second kappa shape index (κ2) is 13.3. The van der Waals surface area contributed by atoms with Gasteiger partial charge in [-0.25, -0.2) is 22.4 Å². The Labute approximate surface area is 234 Å². The molecular weight excluding hydrogens is 546 g/mol. The van der Waals surface area contributed by atoms with E-state index in [1.807, 2.05) is 6.92 Å². The highest BCUT2D eigenvalue weighted by molar-refractivity contribution is 5.91. The van der Waals surface area contributed by atoms with Gasteiger partial charge in [0.25, 0.3) is 0 Å². The number of aryl methyl sites for hydroxylation is 1. The summed E-state index contributed by atoms with van der Waals surface area (Å²) in [7, 11) is 0. The van der Waals surface area contributed by atoms with E-state index in [2.05, 4.69) is 0 Å². The summed E-state index contributed by atoms with van der Waals surface area (Å²) in [5, 5.41) is 0. The van der Waals surface area contributed by atoms with Crippen LogP contribution >= 0.6 is 0 Å². The highest BCUT2D eigenvalue weighted by Gasteiger charge is 2.27. The van der Waals surface area contributed by atoms with Gasteiger partial charge in [-0.05, 0) is 79.5 Å². The molecule has 0 amide bonds. The van der Waals surface area contributed by atoms with E-state index in [1.165, 1.54) is 25.1 Å². The molecule has 0 radical (unpaired) electrons. The molecule has 3 nitrogen and oxygen atoms in total. The van der Waals surface area contributed by atoms with Gasteiger partial charge in [-0.15, -0.1) is 0 Å². The summed E-state index contributed by atoms with van der Waals surface area (Å²) in [6.45, 7) is 3.68. The Morgan fingerprint density at radius 1 is 0.805 bits per heavy atom. The molecular formula is C32H30F6O3. The van der Waals surface area contributed by atoms with Crippen LogP contribution < -0.4 is 9.47 Å². The van der Waals surface area contributed by atoms with Crippen molar-refractivity contribution >= 4 is 11.5 Å². The lowest BCUT2D eigenvalue weighted by molar-refractivity contribution is 0.0720. The summed E-state index contributed by atoms with van der Waals surface area (Å²) >= 11 is 0. The lowest BCUT2D eigenvalue weighted by Gasteiger charge is -2.24. The van der Waals surface area contributed by atoms with Crippen LogP contribution in [0.1, 0.15) is 84.8 Å². The quantitative estimate of drug-likeness (QED) is 0.104. The van der Waals surface area contributed by atoms with Gasteiger partial charge in [0.05, 0.1) is 12.2 Å². The molecule has 9 heteroatoms. The van der Waals surface area contributed by atoms with Crippen LogP contribution in [-0.2, 0) is 0 Å². The standard InChI is InChI=1S/C32H30F6O3/c1-3-4-5-6-17-40-24-15-14-23(29(36)30(24)37)32(39)41-25-16-13-22(28(35)31(25)38)20-10-8-19(9-11-20)21-12-7-18(2)26(33)27(21)34/h7,10,12-16,19H,3-6,8-9,11,17H2,1-2H3. The lowest BCUT2D eigenvalue weighted by atomic mass is 9.82. The Kier molecular flexibility index (Phi) is 9.78. The van der Waals surface area contributed by atoms with E-state index in [0.29, 0.717) is 18.4 Å². The van der Waals surface area contributed by atoms with Gasteiger partial charge in [-0.3, -0.25) is 0 Å². The molecule has 1 aliphatic rings. The summed E-state index contributed by atoms with van der Waals surface area (Å²) in [5.74, 6) is -10.4. The number of carbonyl (C=O) groups excluding carboxylic acids is 1. The van der Waals surface area contributed by atoms with Gasteiger partial charge >= 0.3 is 5.97 Å². The van der Waals surface area contributed by atoms with Crippen LogP contribution in [0.4, 0.5) is 26.3 Å². The van der Waals surface area contributed by atoms with Gasteiger partial charge in [-0.1, -0.05) is 44.4 Å². The number of hydrogen-bond donors (Lipinski definition) is 0. The van der Waals surface area contributed by atoms with Gasteiger partial charge in [0.1, 0.15) is 0 Å². The van der Waals surface area contributed by atoms with Crippen LogP contribution in [0, 0.1) is 41.8 Å². The predicted molar refractivity (Wildman–Crippen MR) is 143 cm³/mol. The molecule has 4 rings (SSSR count). The normalized spacial score (nSPS) is 15.0. The summed E-state index contributed by atoms with van der Waals surface area (Å²) in [6, 6.07) is 7.30. The molecule has 0 saturated heterocycles. The first-order valence-corrected chi connectivity index (χ1v) is 13.6. The number of carbonyl (C=O) groups is 1. The van der Waals surface area contributed by atoms with Crippen molar-refractivity contribution in [2.24, 2.45) is 0 Å². The molecule has 218 valence electrons. The number of allylic oxidation sites excluding steroid dienone is 2. The van der Waals surface area contributed by atoms with E-state index in [0.717, 1.165) is 37.5 Å².